The van der Waals surface area contributed by atoms with Gasteiger partial charge in [-0.3, -0.25) is 5.84 Å². The fraction of sp³-hybridized carbons (Fsp3) is 1.00. The van der Waals surface area contributed by atoms with E-state index in [2.05, 4.69) is 10.5 Å². The molecule has 1 spiro atoms. The van der Waals surface area contributed by atoms with Crippen molar-refractivity contribution in [1.82, 2.24) is 10.5 Å². The van der Waals surface area contributed by atoms with Crippen molar-refractivity contribution in [1.29, 1.82) is 0 Å². The van der Waals surface area contributed by atoms with Crippen LogP contribution in [0.15, 0.2) is 0 Å². The van der Waals surface area contributed by atoms with Crippen LogP contribution in [0.2, 0.25) is 0 Å². The number of hydrazine groups is 2. The van der Waals surface area contributed by atoms with E-state index in [0.29, 0.717) is 5.41 Å². The van der Waals surface area contributed by atoms with Crippen molar-refractivity contribution in [3.05, 3.63) is 0 Å². The quantitative estimate of drug-likeness (QED) is 0.406. The maximum atomic E-state index is 5.31. The molecule has 0 amide bonds. The van der Waals surface area contributed by atoms with Gasteiger partial charge in [0.05, 0.1) is 0 Å². The minimum Gasteiger partial charge on any atom is -0.258 e. The highest BCUT2D eigenvalue weighted by Crippen LogP contribution is 2.47. The van der Waals surface area contributed by atoms with Gasteiger partial charge in [-0.2, -0.15) is 5.53 Å². The zero-order valence-electron chi connectivity index (χ0n) is 6.27. The van der Waals surface area contributed by atoms with E-state index in [-0.39, 0.29) is 0 Å². The highest BCUT2D eigenvalue weighted by atomic mass is 15.6. The summed E-state index contributed by atoms with van der Waals surface area (Å²) in [5.74, 6) is 5.31. The molecule has 58 valence electrons. The predicted octanol–water partition coefficient (Wildman–Crippen LogP) is 0.241. The molecule has 3 nitrogen and oxygen atoms in total. The average molecular weight is 141 g/mol. The molecule has 3 N–H and O–H groups in total. The molecule has 10 heavy (non-hydrogen) atoms. The van der Waals surface area contributed by atoms with Crippen LogP contribution in [0.4, 0.5) is 0 Å². The molecule has 0 aromatic carbocycles. The van der Waals surface area contributed by atoms with Crippen molar-refractivity contribution in [3.8, 4) is 0 Å². The number of rotatable bonds is 1. The molecule has 1 heterocycles. The van der Waals surface area contributed by atoms with E-state index in [9.17, 15) is 0 Å². The van der Waals surface area contributed by atoms with E-state index in [4.69, 9.17) is 5.84 Å². The Labute approximate surface area is 61.5 Å². The number of hydrogen-bond acceptors (Lipinski definition) is 3. The Morgan fingerprint density at radius 1 is 1.30 bits per heavy atom. The van der Waals surface area contributed by atoms with Crippen molar-refractivity contribution in [2.75, 3.05) is 13.1 Å². The van der Waals surface area contributed by atoms with Crippen molar-refractivity contribution < 1.29 is 0 Å². The van der Waals surface area contributed by atoms with Gasteiger partial charge in [-0.15, -0.1) is 0 Å². The highest BCUT2D eigenvalue weighted by Gasteiger charge is 2.42. The second-order valence-corrected chi connectivity index (χ2v) is 3.65. The van der Waals surface area contributed by atoms with Gasteiger partial charge in [-0.1, -0.05) is 6.42 Å². The van der Waals surface area contributed by atoms with Gasteiger partial charge in [0, 0.05) is 13.1 Å². The van der Waals surface area contributed by atoms with Crippen molar-refractivity contribution >= 4 is 0 Å². The zero-order chi connectivity index (χ0) is 7.03. The number of nitrogens with one attached hydrogen (secondary N) is 1. The van der Waals surface area contributed by atoms with Gasteiger partial charge in [-0.05, 0) is 24.7 Å². The van der Waals surface area contributed by atoms with Gasteiger partial charge < -0.3 is 0 Å². The summed E-state index contributed by atoms with van der Waals surface area (Å²) in [6.07, 6.45) is 5.62. The van der Waals surface area contributed by atoms with E-state index in [1.807, 2.05) is 0 Å². The molecule has 1 aliphatic heterocycles. The van der Waals surface area contributed by atoms with Gasteiger partial charge >= 0.3 is 0 Å². The third kappa shape index (κ3) is 0.856. The summed E-state index contributed by atoms with van der Waals surface area (Å²) in [4.78, 5) is 0. The van der Waals surface area contributed by atoms with Crippen LogP contribution in [0.5, 0.6) is 0 Å². The molecule has 1 saturated heterocycles. The molecule has 0 bridgehead atoms. The summed E-state index contributed by atoms with van der Waals surface area (Å²) < 4.78 is 0. The third-order valence-corrected chi connectivity index (χ3v) is 3.04. The number of nitrogens with zero attached hydrogens (tertiary/aromatic N) is 1. The van der Waals surface area contributed by atoms with Gasteiger partial charge in [0.25, 0.3) is 0 Å². The van der Waals surface area contributed by atoms with Crippen LogP contribution in [0.1, 0.15) is 25.7 Å². The van der Waals surface area contributed by atoms with Gasteiger partial charge in [0.2, 0.25) is 0 Å². The second-order valence-electron chi connectivity index (χ2n) is 3.65. The maximum absolute atomic E-state index is 5.31. The van der Waals surface area contributed by atoms with Crippen LogP contribution >= 0.6 is 0 Å². The van der Waals surface area contributed by atoms with Gasteiger partial charge in [0.15, 0.2) is 0 Å². The largest absolute Gasteiger partial charge is 0.258 e. The predicted molar refractivity (Wildman–Crippen MR) is 39.8 cm³/mol. The van der Waals surface area contributed by atoms with E-state index in [1.165, 1.54) is 32.2 Å². The van der Waals surface area contributed by atoms with Crippen molar-refractivity contribution in [3.63, 3.8) is 0 Å². The summed E-state index contributed by atoms with van der Waals surface area (Å²) in [5.41, 5.74) is 3.39. The minimum atomic E-state index is 0.673. The summed E-state index contributed by atoms with van der Waals surface area (Å²) in [6.45, 7) is 2.31. The lowest BCUT2D eigenvalue weighted by atomic mass is 9.68. The summed E-state index contributed by atoms with van der Waals surface area (Å²) in [5, 5.41) is 2.12. The third-order valence-electron chi connectivity index (χ3n) is 3.04. The summed E-state index contributed by atoms with van der Waals surface area (Å²) in [6, 6.07) is 0. The molecule has 2 fully saturated rings. The van der Waals surface area contributed by atoms with E-state index < -0.39 is 0 Å². The molecular formula is C7H15N3. The highest BCUT2D eigenvalue weighted by molar-refractivity contribution is 4.94. The van der Waals surface area contributed by atoms with Crippen LogP contribution in [-0.2, 0) is 0 Å². The molecule has 0 radical (unpaired) electrons. The molecule has 1 saturated carbocycles. The average Bonchev–Trinajstić information content (AvgIpc) is 2.29. The standard InChI is InChI=1S/C7H15N3/c8-9-10-5-4-7(6-10)2-1-3-7/h9H,1-6,8H2. The first-order valence-electron chi connectivity index (χ1n) is 4.06. The molecule has 1 aliphatic carbocycles. The molecule has 0 aromatic rings. The Morgan fingerprint density at radius 2 is 2.10 bits per heavy atom. The first kappa shape index (κ1) is 6.58. The summed E-state index contributed by atoms with van der Waals surface area (Å²) in [7, 11) is 0. The minimum absolute atomic E-state index is 0.673. The smallest absolute Gasteiger partial charge is 0.0201 e. The molecule has 2 rings (SSSR count). The Morgan fingerprint density at radius 3 is 2.40 bits per heavy atom. The van der Waals surface area contributed by atoms with E-state index in [0.717, 1.165) is 6.54 Å². The van der Waals surface area contributed by atoms with Gasteiger partial charge in [0.1, 0.15) is 0 Å². The molecule has 0 atom stereocenters. The Hall–Kier alpha value is -0.120. The lowest BCUT2D eigenvalue weighted by Gasteiger charge is -2.37. The van der Waals surface area contributed by atoms with Crippen LogP contribution < -0.4 is 11.4 Å². The molecule has 3 heteroatoms. The normalized spacial score (nSPS) is 30.9. The maximum Gasteiger partial charge on any atom is 0.0201 e. The summed E-state index contributed by atoms with van der Waals surface area (Å²) >= 11 is 0. The van der Waals surface area contributed by atoms with E-state index >= 15 is 0 Å². The Kier molecular flexibility index (Phi) is 1.44. The first-order valence-corrected chi connectivity index (χ1v) is 4.06. The fourth-order valence-corrected chi connectivity index (χ4v) is 2.13. The number of hydrogen-bond donors (Lipinski definition) is 2. The number of nitrogens with two attached hydrogens (primary N) is 1. The zero-order valence-corrected chi connectivity index (χ0v) is 6.27. The van der Waals surface area contributed by atoms with Crippen LogP contribution in [0.25, 0.3) is 0 Å². The van der Waals surface area contributed by atoms with Crippen LogP contribution in [-0.4, -0.2) is 18.1 Å². The molecule has 0 aromatic heterocycles. The first-order chi connectivity index (χ1) is 4.85. The van der Waals surface area contributed by atoms with Crippen molar-refractivity contribution in [2.45, 2.75) is 25.7 Å². The Balaban J connectivity index is 1.92. The molecular weight excluding hydrogens is 126 g/mol. The van der Waals surface area contributed by atoms with Gasteiger partial charge in [-0.25, -0.2) is 5.01 Å². The molecule has 0 unspecified atom stereocenters. The van der Waals surface area contributed by atoms with Crippen LogP contribution in [0.3, 0.4) is 0 Å². The lowest BCUT2D eigenvalue weighted by molar-refractivity contribution is 0.121. The second kappa shape index (κ2) is 2.19. The lowest BCUT2D eigenvalue weighted by Crippen LogP contribution is -2.43. The van der Waals surface area contributed by atoms with Crippen molar-refractivity contribution in [2.24, 2.45) is 11.3 Å². The monoisotopic (exact) mass is 141 g/mol. The van der Waals surface area contributed by atoms with Crippen LogP contribution in [0, 0.1) is 5.41 Å². The van der Waals surface area contributed by atoms with E-state index in [1.54, 1.807) is 0 Å². The Bertz CT molecular complexity index is 131. The molecule has 2 aliphatic rings. The fourth-order valence-electron chi connectivity index (χ4n) is 2.13. The SMILES string of the molecule is NNN1CCC2(CCC2)C1. The topological polar surface area (TPSA) is 41.3 Å².